The zero-order valence-electron chi connectivity index (χ0n) is 11.3. The first-order valence-corrected chi connectivity index (χ1v) is 6.76. The molecule has 0 saturated heterocycles. The summed E-state index contributed by atoms with van der Waals surface area (Å²) in [5.41, 5.74) is 9.23. The topological polar surface area (TPSA) is 43.8 Å². The number of fused-ring (bicyclic) bond motifs is 3. The predicted molar refractivity (Wildman–Crippen MR) is 69.3 cm³/mol. The van der Waals surface area contributed by atoms with E-state index in [1.807, 2.05) is 0 Å². The Labute approximate surface area is 103 Å². The van der Waals surface area contributed by atoms with Crippen LogP contribution >= 0.6 is 0 Å². The first-order chi connectivity index (χ1) is 7.90. The van der Waals surface area contributed by atoms with Gasteiger partial charge in [0.05, 0.1) is 5.69 Å². The molecule has 0 saturated carbocycles. The van der Waals surface area contributed by atoms with Crippen molar-refractivity contribution in [2.75, 3.05) is 0 Å². The van der Waals surface area contributed by atoms with Gasteiger partial charge in [0.15, 0.2) is 0 Å². The van der Waals surface area contributed by atoms with Gasteiger partial charge >= 0.3 is 0 Å². The number of aromatic nitrogens is 2. The first-order valence-electron chi connectivity index (χ1n) is 6.76. The fraction of sp³-hybridized carbons (Fsp3) is 0.786. The molecule has 3 rings (SSSR count). The Hall–Kier alpha value is -0.830. The van der Waals surface area contributed by atoms with E-state index in [0.717, 1.165) is 13.0 Å². The summed E-state index contributed by atoms with van der Waals surface area (Å²) in [4.78, 5) is 4.93. The van der Waals surface area contributed by atoms with Gasteiger partial charge in [-0.15, -0.1) is 0 Å². The van der Waals surface area contributed by atoms with Gasteiger partial charge in [0, 0.05) is 35.5 Å². The zero-order valence-corrected chi connectivity index (χ0v) is 11.3. The standard InChI is InChI=1S/C14H23N3/c1-8-5-10(15)7-17-12-11(16-13(8)17)9(2)6-14(12,3)4/h8-10H,5-7,15H2,1-4H3. The summed E-state index contributed by atoms with van der Waals surface area (Å²) >= 11 is 0. The van der Waals surface area contributed by atoms with Crippen LogP contribution in [0.2, 0.25) is 0 Å². The number of imidazole rings is 1. The number of nitrogens with zero attached hydrogens (tertiary/aromatic N) is 2. The molecule has 17 heavy (non-hydrogen) atoms. The predicted octanol–water partition coefficient (Wildman–Crippen LogP) is 2.50. The Morgan fingerprint density at radius 3 is 2.71 bits per heavy atom. The molecule has 3 heteroatoms. The van der Waals surface area contributed by atoms with Gasteiger partial charge in [0.25, 0.3) is 0 Å². The Morgan fingerprint density at radius 1 is 1.29 bits per heavy atom. The molecular weight excluding hydrogens is 210 g/mol. The van der Waals surface area contributed by atoms with E-state index in [0.29, 0.717) is 17.9 Å². The lowest BCUT2D eigenvalue weighted by Gasteiger charge is -2.30. The van der Waals surface area contributed by atoms with Crippen LogP contribution in [0, 0.1) is 0 Å². The number of hydrogen-bond acceptors (Lipinski definition) is 2. The molecule has 1 aromatic rings. The average molecular weight is 233 g/mol. The van der Waals surface area contributed by atoms with Gasteiger partial charge in [-0.25, -0.2) is 4.98 Å². The van der Waals surface area contributed by atoms with Crippen LogP contribution in [0.15, 0.2) is 0 Å². The maximum atomic E-state index is 6.17. The number of hydrogen-bond donors (Lipinski definition) is 1. The minimum Gasteiger partial charge on any atom is -0.329 e. The summed E-state index contributed by atoms with van der Waals surface area (Å²) in [5.74, 6) is 2.38. The Bertz CT molecular complexity index is 458. The third-order valence-corrected chi connectivity index (χ3v) is 4.46. The number of nitrogens with two attached hydrogens (primary N) is 1. The van der Waals surface area contributed by atoms with Crippen molar-refractivity contribution >= 4 is 0 Å². The minimum atomic E-state index is 0.261. The van der Waals surface area contributed by atoms with Crippen LogP contribution in [-0.4, -0.2) is 15.6 Å². The molecule has 0 fully saturated rings. The summed E-state index contributed by atoms with van der Waals surface area (Å²) in [6, 6.07) is 0.294. The number of rotatable bonds is 0. The molecular formula is C14H23N3. The van der Waals surface area contributed by atoms with Crippen molar-refractivity contribution in [3.05, 3.63) is 17.2 Å². The molecule has 0 amide bonds. The smallest absolute Gasteiger partial charge is 0.112 e. The van der Waals surface area contributed by atoms with Crippen molar-refractivity contribution in [3.8, 4) is 0 Å². The SMILES string of the molecule is CC1CC(C)(C)c2c1nc1n2CC(N)CC1C. The van der Waals surface area contributed by atoms with Crippen LogP contribution in [-0.2, 0) is 12.0 Å². The summed E-state index contributed by atoms with van der Waals surface area (Å²) < 4.78 is 2.43. The molecule has 0 bridgehead atoms. The summed E-state index contributed by atoms with van der Waals surface area (Å²) in [5, 5.41) is 0. The van der Waals surface area contributed by atoms with E-state index in [9.17, 15) is 0 Å². The van der Waals surface area contributed by atoms with Gasteiger partial charge in [-0.1, -0.05) is 27.7 Å². The Kier molecular flexibility index (Phi) is 2.22. The molecule has 94 valence electrons. The monoisotopic (exact) mass is 233 g/mol. The molecule has 1 aliphatic heterocycles. The highest BCUT2D eigenvalue weighted by Gasteiger charge is 2.42. The second-order valence-corrected chi connectivity index (χ2v) is 6.70. The van der Waals surface area contributed by atoms with Crippen LogP contribution < -0.4 is 5.73 Å². The molecule has 1 aliphatic carbocycles. The molecule has 3 nitrogen and oxygen atoms in total. The van der Waals surface area contributed by atoms with E-state index in [-0.39, 0.29) is 5.41 Å². The minimum absolute atomic E-state index is 0.261. The molecule has 1 aromatic heterocycles. The van der Waals surface area contributed by atoms with Crippen LogP contribution in [0.1, 0.15) is 69.6 Å². The van der Waals surface area contributed by atoms with E-state index >= 15 is 0 Å². The van der Waals surface area contributed by atoms with Crippen molar-refractivity contribution in [3.63, 3.8) is 0 Å². The lowest BCUT2D eigenvalue weighted by Crippen LogP contribution is -2.36. The van der Waals surface area contributed by atoms with Crippen molar-refractivity contribution in [2.24, 2.45) is 5.73 Å². The highest BCUT2D eigenvalue weighted by molar-refractivity contribution is 5.35. The Balaban J connectivity index is 2.18. The van der Waals surface area contributed by atoms with Crippen molar-refractivity contribution in [2.45, 2.75) is 70.4 Å². The molecule has 3 atom stereocenters. The van der Waals surface area contributed by atoms with Crippen molar-refractivity contribution in [1.82, 2.24) is 9.55 Å². The summed E-state index contributed by atoms with van der Waals surface area (Å²) in [6.07, 6.45) is 2.29. The molecule has 2 heterocycles. The molecule has 2 aliphatic rings. The van der Waals surface area contributed by atoms with Gasteiger partial charge in [-0.3, -0.25) is 0 Å². The van der Waals surface area contributed by atoms with Crippen LogP contribution in [0.25, 0.3) is 0 Å². The van der Waals surface area contributed by atoms with E-state index in [1.165, 1.54) is 23.6 Å². The fourth-order valence-electron chi connectivity index (χ4n) is 3.93. The van der Waals surface area contributed by atoms with E-state index in [4.69, 9.17) is 10.7 Å². The quantitative estimate of drug-likeness (QED) is 0.748. The van der Waals surface area contributed by atoms with Gasteiger partial charge in [-0.2, -0.15) is 0 Å². The van der Waals surface area contributed by atoms with Crippen LogP contribution in [0.5, 0.6) is 0 Å². The largest absolute Gasteiger partial charge is 0.329 e. The normalized spacial score (nSPS) is 34.5. The van der Waals surface area contributed by atoms with Gasteiger partial charge in [0.2, 0.25) is 0 Å². The van der Waals surface area contributed by atoms with Crippen LogP contribution in [0.3, 0.4) is 0 Å². The molecule has 0 aromatic carbocycles. The highest BCUT2D eigenvalue weighted by Crippen LogP contribution is 2.47. The zero-order chi connectivity index (χ0) is 12.4. The van der Waals surface area contributed by atoms with E-state index in [1.54, 1.807) is 0 Å². The maximum absolute atomic E-state index is 6.17. The lowest BCUT2D eigenvalue weighted by molar-refractivity contribution is 0.370. The van der Waals surface area contributed by atoms with Gasteiger partial charge < -0.3 is 10.3 Å². The second-order valence-electron chi connectivity index (χ2n) is 6.70. The first kappa shape index (κ1) is 11.3. The second kappa shape index (κ2) is 3.35. The van der Waals surface area contributed by atoms with Crippen LogP contribution in [0.4, 0.5) is 0 Å². The van der Waals surface area contributed by atoms with Gasteiger partial charge in [0.1, 0.15) is 5.82 Å². The van der Waals surface area contributed by atoms with Crippen molar-refractivity contribution < 1.29 is 0 Å². The third kappa shape index (κ3) is 1.48. The Morgan fingerprint density at radius 2 is 2.00 bits per heavy atom. The van der Waals surface area contributed by atoms with Crippen molar-refractivity contribution in [1.29, 1.82) is 0 Å². The molecule has 2 N–H and O–H groups in total. The molecule has 0 spiro atoms. The molecule has 0 radical (unpaired) electrons. The highest BCUT2D eigenvalue weighted by atomic mass is 15.1. The average Bonchev–Trinajstić information content (AvgIpc) is 2.65. The van der Waals surface area contributed by atoms with E-state index in [2.05, 4.69) is 32.3 Å². The van der Waals surface area contributed by atoms with Gasteiger partial charge in [-0.05, 0) is 12.8 Å². The summed E-state index contributed by atoms with van der Waals surface area (Å²) in [7, 11) is 0. The molecule has 3 unspecified atom stereocenters. The lowest BCUT2D eigenvalue weighted by atomic mass is 9.88. The fourth-order valence-corrected chi connectivity index (χ4v) is 3.93. The third-order valence-electron chi connectivity index (χ3n) is 4.46. The maximum Gasteiger partial charge on any atom is 0.112 e. The van der Waals surface area contributed by atoms with E-state index < -0.39 is 0 Å². The summed E-state index contributed by atoms with van der Waals surface area (Å²) in [6.45, 7) is 10.2.